The van der Waals surface area contributed by atoms with E-state index in [1.165, 1.54) is 11.1 Å². The molecule has 1 heterocycles. The summed E-state index contributed by atoms with van der Waals surface area (Å²) in [5.74, 6) is 1.97. The smallest absolute Gasteiger partial charge is 0.240 e. The second kappa shape index (κ2) is 7.52. The first-order valence-corrected chi connectivity index (χ1v) is 8.19. The summed E-state index contributed by atoms with van der Waals surface area (Å²) < 4.78 is 0. The van der Waals surface area contributed by atoms with E-state index in [4.69, 9.17) is 0 Å². The number of halogens is 1. The van der Waals surface area contributed by atoms with E-state index in [9.17, 15) is 4.79 Å². The molecule has 0 aromatic heterocycles. The molecule has 21 heavy (non-hydrogen) atoms. The number of hydrogen-bond donors (Lipinski definition) is 1. The van der Waals surface area contributed by atoms with Gasteiger partial charge >= 0.3 is 0 Å². The van der Waals surface area contributed by atoms with Gasteiger partial charge < -0.3 is 4.90 Å². The van der Waals surface area contributed by atoms with Crippen molar-refractivity contribution < 1.29 is 4.79 Å². The molecular weight excluding hydrogens is 304 g/mol. The second-order valence-corrected chi connectivity index (χ2v) is 7.25. The van der Waals surface area contributed by atoms with Crippen molar-refractivity contribution in [2.45, 2.75) is 32.2 Å². The van der Waals surface area contributed by atoms with E-state index in [-0.39, 0.29) is 29.8 Å². The zero-order chi connectivity index (χ0) is 14.8. The summed E-state index contributed by atoms with van der Waals surface area (Å²) in [5.41, 5.74) is 2.50. The molecule has 1 atom stereocenters. The Hall–Kier alpha value is -0.710. The average Bonchev–Trinajstić information content (AvgIpc) is 2.91. The van der Waals surface area contributed by atoms with Gasteiger partial charge in [0.2, 0.25) is 5.91 Å². The lowest BCUT2D eigenvalue weighted by atomic mass is 9.83. The van der Waals surface area contributed by atoms with Crippen LogP contribution < -0.4 is 5.32 Å². The van der Waals surface area contributed by atoms with Crippen LogP contribution in [0.25, 0.3) is 0 Å². The summed E-state index contributed by atoms with van der Waals surface area (Å²) in [4.78, 5) is 14.2. The Morgan fingerprint density at radius 1 is 1.38 bits per heavy atom. The van der Waals surface area contributed by atoms with E-state index < -0.39 is 0 Å². The van der Waals surface area contributed by atoms with Crippen molar-refractivity contribution in [2.24, 2.45) is 0 Å². The molecule has 0 aliphatic carbocycles. The van der Waals surface area contributed by atoms with Crippen LogP contribution in [0.2, 0.25) is 0 Å². The van der Waals surface area contributed by atoms with Gasteiger partial charge in [0.1, 0.15) is 0 Å². The van der Waals surface area contributed by atoms with Gasteiger partial charge in [-0.15, -0.1) is 24.2 Å². The molecule has 1 aromatic carbocycles. The quantitative estimate of drug-likeness (QED) is 0.922. The third-order valence-electron chi connectivity index (χ3n) is 3.86. The Bertz CT molecular complexity index is 470. The summed E-state index contributed by atoms with van der Waals surface area (Å²) in [6.07, 6.45) is 0. The fourth-order valence-corrected chi connectivity index (χ4v) is 3.52. The van der Waals surface area contributed by atoms with E-state index in [2.05, 4.69) is 50.4 Å². The Morgan fingerprint density at radius 3 is 2.52 bits per heavy atom. The fourth-order valence-electron chi connectivity index (χ4n) is 2.59. The number of carbonyl (C=O) groups is 1. The van der Waals surface area contributed by atoms with E-state index in [0.717, 1.165) is 18.2 Å². The van der Waals surface area contributed by atoms with Gasteiger partial charge in [0, 0.05) is 30.6 Å². The highest BCUT2D eigenvalue weighted by Gasteiger charge is 2.29. The summed E-state index contributed by atoms with van der Waals surface area (Å²) in [7, 11) is 1.91. The standard InChI is InChI=1S/C16H24N2OS.ClH/c1-12-5-7-13(8-6-12)16(2,3)10-18(4)15(19)14-9-20-11-17-14;/h5-8,14,17H,9-11H2,1-4H3;1H. The summed E-state index contributed by atoms with van der Waals surface area (Å²) in [5, 5.41) is 3.24. The topological polar surface area (TPSA) is 32.3 Å². The Morgan fingerprint density at radius 2 is 2.00 bits per heavy atom. The number of aryl methyl sites for hydroxylation is 1. The number of amides is 1. The van der Waals surface area contributed by atoms with Crippen LogP contribution >= 0.6 is 24.2 Å². The van der Waals surface area contributed by atoms with Crippen molar-refractivity contribution in [3.63, 3.8) is 0 Å². The number of nitrogens with zero attached hydrogens (tertiary/aromatic N) is 1. The molecule has 1 unspecified atom stereocenters. The number of carbonyl (C=O) groups excluding carboxylic acids is 1. The summed E-state index contributed by atoms with van der Waals surface area (Å²) in [6, 6.07) is 8.58. The van der Waals surface area contributed by atoms with Gasteiger partial charge in [-0.05, 0) is 12.5 Å². The molecule has 0 bridgehead atoms. The van der Waals surface area contributed by atoms with E-state index >= 15 is 0 Å². The van der Waals surface area contributed by atoms with Crippen molar-refractivity contribution in [2.75, 3.05) is 25.2 Å². The van der Waals surface area contributed by atoms with Crippen LogP contribution in [-0.4, -0.2) is 42.1 Å². The normalized spacial score (nSPS) is 18.2. The molecule has 5 heteroatoms. The van der Waals surface area contributed by atoms with Crippen LogP contribution in [0.1, 0.15) is 25.0 Å². The molecule has 1 saturated heterocycles. The average molecular weight is 329 g/mol. The molecule has 2 rings (SSSR count). The molecule has 1 aliphatic rings. The number of hydrogen-bond acceptors (Lipinski definition) is 3. The van der Waals surface area contributed by atoms with Crippen LogP contribution in [0.5, 0.6) is 0 Å². The molecule has 0 saturated carbocycles. The minimum absolute atomic E-state index is 0. The molecule has 3 nitrogen and oxygen atoms in total. The van der Waals surface area contributed by atoms with Crippen molar-refractivity contribution in [3.05, 3.63) is 35.4 Å². The van der Waals surface area contributed by atoms with Crippen LogP contribution in [0, 0.1) is 6.92 Å². The first-order chi connectivity index (χ1) is 9.40. The first kappa shape index (κ1) is 18.3. The van der Waals surface area contributed by atoms with Gasteiger partial charge in [-0.2, -0.15) is 0 Å². The molecule has 1 aromatic rings. The zero-order valence-corrected chi connectivity index (χ0v) is 14.8. The van der Waals surface area contributed by atoms with Gasteiger partial charge in [0.25, 0.3) is 0 Å². The Kier molecular flexibility index (Phi) is 6.57. The number of benzene rings is 1. The van der Waals surface area contributed by atoms with Crippen molar-refractivity contribution in [1.29, 1.82) is 0 Å². The van der Waals surface area contributed by atoms with Crippen LogP contribution in [0.15, 0.2) is 24.3 Å². The molecule has 1 fully saturated rings. The zero-order valence-electron chi connectivity index (χ0n) is 13.2. The lowest BCUT2D eigenvalue weighted by Crippen LogP contribution is -2.47. The molecule has 1 N–H and O–H groups in total. The van der Waals surface area contributed by atoms with Crippen molar-refractivity contribution in [1.82, 2.24) is 10.2 Å². The lowest BCUT2D eigenvalue weighted by molar-refractivity contribution is -0.132. The van der Waals surface area contributed by atoms with E-state index in [1.807, 2.05) is 11.9 Å². The van der Waals surface area contributed by atoms with Gasteiger partial charge in [-0.1, -0.05) is 43.7 Å². The lowest BCUT2D eigenvalue weighted by Gasteiger charge is -2.32. The fraction of sp³-hybridized carbons (Fsp3) is 0.562. The molecule has 1 aliphatic heterocycles. The number of thioether (sulfide) groups is 1. The summed E-state index contributed by atoms with van der Waals surface area (Å²) in [6.45, 7) is 7.21. The predicted molar refractivity (Wildman–Crippen MR) is 93.3 cm³/mol. The molecule has 0 radical (unpaired) electrons. The van der Waals surface area contributed by atoms with Gasteiger partial charge in [0.05, 0.1) is 6.04 Å². The third kappa shape index (κ3) is 4.63. The van der Waals surface area contributed by atoms with E-state index in [1.54, 1.807) is 11.8 Å². The van der Waals surface area contributed by atoms with Gasteiger partial charge in [-0.25, -0.2) is 0 Å². The van der Waals surface area contributed by atoms with Gasteiger partial charge in [-0.3, -0.25) is 10.1 Å². The van der Waals surface area contributed by atoms with Crippen molar-refractivity contribution >= 4 is 30.1 Å². The predicted octanol–water partition coefficient (Wildman–Crippen LogP) is 2.82. The maximum absolute atomic E-state index is 12.4. The summed E-state index contributed by atoms with van der Waals surface area (Å²) >= 11 is 1.79. The van der Waals surface area contributed by atoms with Crippen LogP contribution in [0.4, 0.5) is 0 Å². The first-order valence-electron chi connectivity index (χ1n) is 7.03. The third-order valence-corrected chi connectivity index (χ3v) is 4.80. The highest BCUT2D eigenvalue weighted by atomic mass is 35.5. The highest BCUT2D eigenvalue weighted by Crippen LogP contribution is 2.25. The largest absolute Gasteiger partial charge is 0.344 e. The SMILES string of the molecule is Cc1ccc(C(C)(C)CN(C)C(=O)C2CSCN2)cc1.Cl. The minimum Gasteiger partial charge on any atom is -0.344 e. The van der Waals surface area contributed by atoms with E-state index in [0.29, 0.717) is 0 Å². The number of likely N-dealkylation sites (N-methyl/N-ethyl adjacent to an activating group) is 1. The van der Waals surface area contributed by atoms with Crippen LogP contribution in [0.3, 0.4) is 0 Å². The molecule has 1 amide bonds. The van der Waals surface area contributed by atoms with Gasteiger partial charge in [0.15, 0.2) is 0 Å². The monoisotopic (exact) mass is 328 g/mol. The Labute approximate surface area is 138 Å². The molecule has 118 valence electrons. The highest BCUT2D eigenvalue weighted by molar-refractivity contribution is 7.99. The Balaban J connectivity index is 0.00000220. The maximum Gasteiger partial charge on any atom is 0.240 e. The molecule has 0 spiro atoms. The van der Waals surface area contributed by atoms with Crippen LogP contribution in [-0.2, 0) is 10.2 Å². The minimum atomic E-state index is -0.0378. The maximum atomic E-state index is 12.4. The number of nitrogens with one attached hydrogen (secondary N) is 1. The second-order valence-electron chi connectivity index (χ2n) is 6.22. The number of rotatable bonds is 4. The van der Waals surface area contributed by atoms with Crippen molar-refractivity contribution in [3.8, 4) is 0 Å². The molecular formula is C16H25ClN2OS.